The van der Waals surface area contributed by atoms with Gasteiger partial charge in [-0.05, 0) is 71.4 Å². The topological polar surface area (TPSA) is 93.1 Å². The number of anilines is 1. The number of aryl methyl sites for hydroxylation is 2. The quantitative estimate of drug-likeness (QED) is 0.484. The Labute approximate surface area is 201 Å². The highest BCUT2D eigenvalue weighted by molar-refractivity contribution is 7.89. The van der Waals surface area contributed by atoms with Gasteiger partial charge < -0.3 is 5.32 Å². The monoisotopic (exact) mass is 480 g/mol. The Morgan fingerprint density at radius 3 is 2.38 bits per heavy atom. The maximum Gasteiger partial charge on any atom is 0.248 e. The Bertz CT molecular complexity index is 1320. The highest BCUT2D eigenvalue weighted by Crippen LogP contribution is 2.19. The van der Waals surface area contributed by atoms with Gasteiger partial charge in [0, 0.05) is 28.6 Å². The number of hydrogen-bond donors (Lipinski definition) is 2. The minimum atomic E-state index is -3.70. The van der Waals surface area contributed by atoms with Crippen molar-refractivity contribution in [1.82, 2.24) is 14.5 Å². The summed E-state index contributed by atoms with van der Waals surface area (Å²) < 4.78 is 29.7. The van der Waals surface area contributed by atoms with Crippen LogP contribution in [0.1, 0.15) is 48.8 Å². The van der Waals surface area contributed by atoms with E-state index in [0.717, 1.165) is 22.5 Å². The summed E-state index contributed by atoms with van der Waals surface area (Å²) in [4.78, 5) is 12.6. The van der Waals surface area contributed by atoms with E-state index in [1.54, 1.807) is 39.0 Å². The maximum atomic E-state index is 12.6. The molecule has 1 aromatic heterocycles. The normalized spacial score (nSPS) is 12.3. The van der Waals surface area contributed by atoms with Crippen LogP contribution in [-0.2, 0) is 21.4 Å². The van der Waals surface area contributed by atoms with Crippen molar-refractivity contribution >= 4 is 27.7 Å². The van der Waals surface area contributed by atoms with Crippen molar-refractivity contribution in [1.29, 1.82) is 0 Å². The minimum Gasteiger partial charge on any atom is -0.322 e. The zero-order valence-electron chi connectivity index (χ0n) is 20.5. The molecule has 1 amide bonds. The third-order valence-corrected chi connectivity index (χ3v) is 6.90. The zero-order valence-corrected chi connectivity index (χ0v) is 21.3. The molecule has 1 heterocycles. The Kier molecular flexibility index (Phi) is 7.43. The molecule has 180 valence electrons. The SMILES string of the molecule is Cc1ccc(Cn2nc(C)c(/C=C/C(=O)Nc3cccc(S(=O)(=O)NC(C)(C)C)c3)c2C)cc1. The van der Waals surface area contributed by atoms with Crippen molar-refractivity contribution in [2.75, 3.05) is 5.32 Å². The molecule has 0 aliphatic carbocycles. The van der Waals surface area contributed by atoms with Crippen LogP contribution in [0, 0.1) is 20.8 Å². The number of aromatic nitrogens is 2. The van der Waals surface area contributed by atoms with E-state index in [1.165, 1.54) is 23.8 Å². The van der Waals surface area contributed by atoms with E-state index in [9.17, 15) is 13.2 Å². The lowest BCUT2D eigenvalue weighted by molar-refractivity contribution is -0.111. The first-order valence-electron chi connectivity index (χ1n) is 11.1. The van der Waals surface area contributed by atoms with Crippen molar-refractivity contribution in [2.45, 2.75) is 58.5 Å². The molecule has 0 unspecified atom stereocenters. The van der Waals surface area contributed by atoms with E-state index < -0.39 is 15.6 Å². The first-order chi connectivity index (χ1) is 15.8. The van der Waals surface area contributed by atoms with Gasteiger partial charge in [-0.3, -0.25) is 9.48 Å². The van der Waals surface area contributed by atoms with E-state index >= 15 is 0 Å². The van der Waals surface area contributed by atoms with Crippen LogP contribution >= 0.6 is 0 Å². The fraction of sp³-hybridized carbons (Fsp3) is 0.308. The van der Waals surface area contributed by atoms with E-state index in [4.69, 9.17) is 0 Å². The third kappa shape index (κ3) is 6.65. The molecule has 0 spiro atoms. The van der Waals surface area contributed by atoms with Gasteiger partial charge in [-0.2, -0.15) is 5.10 Å². The molecule has 0 bridgehead atoms. The van der Waals surface area contributed by atoms with Crippen molar-refractivity contribution in [3.8, 4) is 0 Å². The smallest absolute Gasteiger partial charge is 0.248 e. The Balaban J connectivity index is 1.72. The Hall–Kier alpha value is -3.23. The number of hydrogen-bond acceptors (Lipinski definition) is 4. The van der Waals surface area contributed by atoms with Gasteiger partial charge in [-0.25, -0.2) is 13.1 Å². The second-order valence-corrected chi connectivity index (χ2v) is 11.1. The molecule has 0 radical (unpaired) electrons. The van der Waals surface area contributed by atoms with E-state index in [0.29, 0.717) is 12.2 Å². The lowest BCUT2D eigenvalue weighted by atomic mass is 10.1. The Morgan fingerprint density at radius 2 is 1.74 bits per heavy atom. The van der Waals surface area contributed by atoms with Crippen molar-refractivity contribution in [3.63, 3.8) is 0 Å². The summed E-state index contributed by atoms with van der Waals surface area (Å²) in [6, 6.07) is 14.5. The fourth-order valence-electron chi connectivity index (χ4n) is 3.52. The van der Waals surface area contributed by atoms with Gasteiger partial charge in [0.1, 0.15) is 0 Å². The molecule has 0 saturated heterocycles. The number of rotatable bonds is 7. The highest BCUT2D eigenvalue weighted by Gasteiger charge is 2.22. The molecule has 8 heteroatoms. The van der Waals surface area contributed by atoms with Gasteiger partial charge in [-0.1, -0.05) is 35.9 Å². The highest BCUT2D eigenvalue weighted by atomic mass is 32.2. The van der Waals surface area contributed by atoms with Crippen molar-refractivity contribution in [3.05, 3.63) is 82.7 Å². The molecule has 3 rings (SSSR count). The summed E-state index contributed by atoms with van der Waals surface area (Å²) in [6.45, 7) is 11.9. The molecule has 34 heavy (non-hydrogen) atoms. The number of nitrogens with zero attached hydrogens (tertiary/aromatic N) is 2. The van der Waals surface area contributed by atoms with Crippen LogP contribution in [0.2, 0.25) is 0 Å². The standard InChI is InChI=1S/C26H32N4O3S/c1-18-10-12-21(13-11-18)17-30-20(3)24(19(2)28-30)14-15-25(31)27-22-8-7-9-23(16-22)34(32,33)29-26(4,5)6/h7-16,29H,17H2,1-6H3,(H,27,31)/b15-14+. The average molecular weight is 481 g/mol. The summed E-state index contributed by atoms with van der Waals surface area (Å²) in [6.07, 6.45) is 3.17. The number of sulfonamides is 1. The second-order valence-electron chi connectivity index (χ2n) is 9.43. The number of benzene rings is 2. The third-order valence-electron chi connectivity index (χ3n) is 5.14. The number of nitrogens with one attached hydrogen (secondary N) is 2. The predicted molar refractivity (Wildman–Crippen MR) is 136 cm³/mol. The fourth-order valence-corrected chi connectivity index (χ4v) is 4.98. The van der Waals surface area contributed by atoms with E-state index in [-0.39, 0.29) is 10.8 Å². The molecule has 7 nitrogen and oxygen atoms in total. The van der Waals surface area contributed by atoms with Crippen LogP contribution < -0.4 is 10.0 Å². The molecule has 3 aromatic rings. The van der Waals surface area contributed by atoms with Gasteiger partial charge in [-0.15, -0.1) is 0 Å². The van der Waals surface area contributed by atoms with Crippen LogP contribution in [0.5, 0.6) is 0 Å². The van der Waals surface area contributed by atoms with Crippen molar-refractivity contribution < 1.29 is 13.2 Å². The molecular formula is C26H32N4O3S. The van der Waals surface area contributed by atoms with Crippen molar-refractivity contribution in [2.24, 2.45) is 0 Å². The molecule has 0 fully saturated rings. The average Bonchev–Trinajstić information content (AvgIpc) is 2.99. The number of carbonyl (C=O) groups is 1. The summed E-state index contributed by atoms with van der Waals surface area (Å²) in [7, 11) is -3.70. The van der Waals surface area contributed by atoms with Gasteiger partial charge in [0.25, 0.3) is 0 Å². The second kappa shape index (κ2) is 9.95. The molecule has 2 N–H and O–H groups in total. The summed E-state index contributed by atoms with van der Waals surface area (Å²) in [5.74, 6) is -0.358. The van der Waals surface area contributed by atoms with Gasteiger partial charge >= 0.3 is 0 Å². The lowest BCUT2D eigenvalue weighted by Crippen LogP contribution is -2.40. The molecular weight excluding hydrogens is 448 g/mol. The number of carbonyl (C=O) groups excluding carboxylic acids is 1. The number of amides is 1. The van der Waals surface area contributed by atoms with Crippen LogP contribution in [0.25, 0.3) is 6.08 Å². The molecule has 0 aliphatic rings. The molecule has 0 saturated carbocycles. The molecule has 0 aliphatic heterocycles. The van der Waals surface area contributed by atoms with Crippen LogP contribution in [-0.4, -0.2) is 29.6 Å². The van der Waals surface area contributed by atoms with E-state index in [2.05, 4.69) is 46.3 Å². The van der Waals surface area contributed by atoms with Gasteiger partial charge in [0.2, 0.25) is 15.9 Å². The minimum absolute atomic E-state index is 0.0910. The summed E-state index contributed by atoms with van der Waals surface area (Å²) in [5.41, 5.74) is 4.82. The lowest BCUT2D eigenvalue weighted by Gasteiger charge is -2.20. The first-order valence-corrected chi connectivity index (χ1v) is 12.5. The summed E-state index contributed by atoms with van der Waals surface area (Å²) >= 11 is 0. The van der Waals surface area contributed by atoms with Crippen LogP contribution in [0.15, 0.2) is 59.5 Å². The molecule has 0 atom stereocenters. The van der Waals surface area contributed by atoms with E-state index in [1.807, 2.05) is 18.5 Å². The first kappa shape index (κ1) is 25.4. The van der Waals surface area contributed by atoms with Crippen LogP contribution in [0.4, 0.5) is 5.69 Å². The van der Waals surface area contributed by atoms with Gasteiger partial charge in [0.15, 0.2) is 0 Å². The Morgan fingerprint density at radius 1 is 1.06 bits per heavy atom. The predicted octanol–water partition coefficient (Wildman–Crippen LogP) is 4.59. The maximum absolute atomic E-state index is 12.6. The van der Waals surface area contributed by atoms with Gasteiger partial charge in [0.05, 0.1) is 17.1 Å². The zero-order chi connectivity index (χ0) is 25.1. The molecule has 2 aromatic carbocycles. The summed E-state index contributed by atoms with van der Waals surface area (Å²) in [5, 5.41) is 7.35. The van der Waals surface area contributed by atoms with Crippen LogP contribution in [0.3, 0.4) is 0 Å². The largest absolute Gasteiger partial charge is 0.322 e.